The minimum absolute atomic E-state index is 0.0375. The molecule has 0 unspecified atom stereocenters. The quantitative estimate of drug-likeness (QED) is 0.631. The summed E-state index contributed by atoms with van der Waals surface area (Å²) in [4.78, 5) is 40.5. The van der Waals surface area contributed by atoms with Gasteiger partial charge in [0.1, 0.15) is 0 Å². The van der Waals surface area contributed by atoms with E-state index >= 15 is 0 Å². The number of hydrogen-bond donors (Lipinski definition) is 2. The van der Waals surface area contributed by atoms with E-state index in [0.717, 1.165) is 16.8 Å². The fourth-order valence-electron chi connectivity index (χ4n) is 3.64. The molecule has 0 spiro atoms. The lowest BCUT2D eigenvalue weighted by molar-refractivity contribution is -0.133. The Morgan fingerprint density at radius 1 is 1.00 bits per heavy atom. The van der Waals surface area contributed by atoms with Crippen LogP contribution in [0.4, 0.5) is 5.69 Å². The number of furan rings is 1. The number of nitrogens with zero attached hydrogens (tertiary/aromatic N) is 2. The molecule has 2 heterocycles. The van der Waals surface area contributed by atoms with Crippen LogP contribution in [0.1, 0.15) is 34.5 Å². The Labute approximate surface area is 182 Å². The third-order valence-electron chi connectivity index (χ3n) is 5.44. The Kier molecular flexibility index (Phi) is 7.83. The van der Waals surface area contributed by atoms with E-state index in [1.54, 1.807) is 12.1 Å². The van der Waals surface area contributed by atoms with E-state index in [9.17, 15) is 14.4 Å². The summed E-state index contributed by atoms with van der Waals surface area (Å²) < 4.78 is 5.03. The lowest BCUT2D eigenvalue weighted by atomic mass is 10.1. The zero-order valence-corrected chi connectivity index (χ0v) is 18.1. The molecule has 0 radical (unpaired) electrons. The van der Waals surface area contributed by atoms with Crippen LogP contribution in [-0.2, 0) is 9.59 Å². The van der Waals surface area contributed by atoms with Crippen LogP contribution in [0, 0.1) is 13.8 Å². The molecule has 1 aliphatic heterocycles. The van der Waals surface area contributed by atoms with E-state index in [-0.39, 0.29) is 23.5 Å². The number of benzene rings is 1. The van der Waals surface area contributed by atoms with Crippen molar-refractivity contribution in [2.75, 3.05) is 44.6 Å². The van der Waals surface area contributed by atoms with Gasteiger partial charge in [-0.25, -0.2) is 0 Å². The van der Waals surface area contributed by atoms with Crippen molar-refractivity contribution in [3.63, 3.8) is 0 Å². The molecule has 31 heavy (non-hydrogen) atoms. The summed E-state index contributed by atoms with van der Waals surface area (Å²) in [5.74, 6) is 0.0330. The lowest BCUT2D eigenvalue weighted by Crippen LogP contribution is -2.50. The van der Waals surface area contributed by atoms with Gasteiger partial charge in [-0.3, -0.25) is 19.3 Å². The van der Waals surface area contributed by atoms with Crippen molar-refractivity contribution in [2.24, 2.45) is 0 Å². The van der Waals surface area contributed by atoms with Crippen LogP contribution < -0.4 is 10.6 Å². The number of nitrogens with one attached hydrogen (secondary N) is 2. The molecular weight excluding hydrogens is 396 g/mol. The second kappa shape index (κ2) is 10.8. The molecule has 0 saturated carbocycles. The molecule has 1 aromatic carbocycles. The molecule has 166 valence electrons. The van der Waals surface area contributed by atoms with Gasteiger partial charge in [0.25, 0.3) is 5.91 Å². The number of carbonyl (C=O) groups is 3. The number of rotatable bonds is 8. The van der Waals surface area contributed by atoms with Gasteiger partial charge in [0.15, 0.2) is 5.76 Å². The highest BCUT2D eigenvalue weighted by molar-refractivity contribution is 5.93. The predicted molar refractivity (Wildman–Crippen MR) is 118 cm³/mol. The Bertz CT molecular complexity index is 882. The van der Waals surface area contributed by atoms with Gasteiger partial charge < -0.3 is 20.0 Å². The largest absolute Gasteiger partial charge is 0.459 e. The van der Waals surface area contributed by atoms with Crippen LogP contribution in [0.25, 0.3) is 0 Å². The maximum atomic E-state index is 12.4. The molecule has 1 aliphatic rings. The van der Waals surface area contributed by atoms with Crippen molar-refractivity contribution in [3.05, 3.63) is 53.5 Å². The van der Waals surface area contributed by atoms with Crippen molar-refractivity contribution >= 4 is 23.4 Å². The topological polar surface area (TPSA) is 94.9 Å². The van der Waals surface area contributed by atoms with Gasteiger partial charge in [0.2, 0.25) is 11.8 Å². The lowest BCUT2D eigenvalue weighted by Gasteiger charge is -2.34. The molecule has 1 saturated heterocycles. The fraction of sp³-hybridized carbons (Fsp3) is 0.435. The van der Waals surface area contributed by atoms with E-state index in [1.165, 1.54) is 6.26 Å². The molecule has 0 aliphatic carbocycles. The number of anilines is 1. The van der Waals surface area contributed by atoms with E-state index in [0.29, 0.717) is 52.1 Å². The van der Waals surface area contributed by atoms with Gasteiger partial charge >= 0.3 is 0 Å². The van der Waals surface area contributed by atoms with Crippen LogP contribution >= 0.6 is 0 Å². The van der Waals surface area contributed by atoms with Gasteiger partial charge in [0, 0.05) is 44.8 Å². The SMILES string of the molecule is Cc1cccc(C)c1NC(=O)CN1CCN(C(=O)CCCNC(=O)c2ccco2)CC1. The number of amides is 3. The van der Waals surface area contributed by atoms with Crippen molar-refractivity contribution in [2.45, 2.75) is 26.7 Å². The van der Waals surface area contributed by atoms with E-state index < -0.39 is 0 Å². The second-order valence-electron chi connectivity index (χ2n) is 7.81. The zero-order valence-electron chi connectivity index (χ0n) is 18.1. The zero-order chi connectivity index (χ0) is 22.2. The summed E-state index contributed by atoms with van der Waals surface area (Å²) in [6, 6.07) is 9.20. The molecule has 0 bridgehead atoms. The summed E-state index contributed by atoms with van der Waals surface area (Å²) in [5, 5.41) is 5.75. The molecule has 8 heteroatoms. The molecule has 0 atom stereocenters. The first-order chi connectivity index (χ1) is 14.9. The minimum Gasteiger partial charge on any atom is -0.459 e. The fourth-order valence-corrected chi connectivity index (χ4v) is 3.64. The van der Waals surface area contributed by atoms with Crippen LogP contribution in [0.2, 0.25) is 0 Å². The van der Waals surface area contributed by atoms with Crippen LogP contribution in [0.3, 0.4) is 0 Å². The maximum Gasteiger partial charge on any atom is 0.286 e. The summed E-state index contributed by atoms with van der Waals surface area (Å²) in [7, 11) is 0. The maximum absolute atomic E-state index is 12.4. The van der Waals surface area contributed by atoms with Gasteiger partial charge in [-0.15, -0.1) is 0 Å². The van der Waals surface area contributed by atoms with Gasteiger partial charge in [-0.05, 0) is 43.5 Å². The summed E-state index contributed by atoms with van der Waals surface area (Å²) in [6.45, 7) is 7.24. The first-order valence-corrected chi connectivity index (χ1v) is 10.6. The number of aryl methyl sites for hydroxylation is 2. The van der Waals surface area contributed by atoms with Gasteiger partial charge in [-0.2, -0.15) is 0 Å². The summed E-state index contributed by atoms with van der Waals surface area (Å²) >= 11 is 0. The average Bonchev–Trinajstić information content (AvgIpc) is 3.29. The van der Waals surface area contributed by atoms with Crippen molar-refractivity contribution in [1.29, 1.82) is 0 Å². The standard InChI is InChI=1S/C23H30N4O4/c1-17-6-3-7-18(2)22(17)25-20(28)16-26-11-13-27(14-12-26)21(29)9-4-10-24-23(30)19-8-5-15-31-19/h3,5-8,15H,4,9-14,16H2,1-2H3,(H,24,30)(H,25,28). The summed E-state index contributed by atoms with van der Waals surface area (Å²) in [5.41, 5.74) is 2.97. The van der Waals surface area contributed by atoms with E-state index in [4.69, 9.17) is 4.42 Å². The highest BCUT2D eigenvalue weighted by atomic mass is 16.3. The number of piperazine rings is 1. The molecule has 3 rings (SSSR count). The van der Waals surface area contributed by atoms with Crippen molar-refractivity contribution in [3.8, 4) is 0 Å². The van der Waals surface area contributed by atoms with E-state index in [2.05, 4.69) is 15.5 Å². The molecule has 1 fully saturated rings. The molecule has 1 aromatic heterocycles. The molecular formula is C23H30N4O4. The molecule has 3 amide bonds. The van der Waals surface area contributed by atoms with E-state index in [1.807, 2.05) is 36.9 Å². The number of hydrogen-bond acceptors (Lipinski definition) is 5. The van der Waals surface area contributed by atoms with Crippen LogP contribution in [-0.4, -0.2) is 66.8 Å². The smallest absolute Gasteiger partial charge is 0.286 e. The summed E-state index contributed by atoms with van der Waals surface area (Å²) in [6.07, 6.45) is 2.40. The van der Waals surface area contributed by atoms with Gasteiger partial charge in [-0.1, -0.05) is 18.2 Å². The number of para-hydroxylation sites is 1. The minimum atomic E-state index is -0.273. The number of carbonyl (C=O) groups excluding carboxylic acids is 3. The Hall–Kier alpha value is -3.13. The van der Waals surface area contributed by atoms with Crippen LogP contribution in [0.5, 0.6) is 0 Å². The molecule has 8 nitrogen and oxygen atoms in total. The molecule has 2 N–H and O–H groups in total. The first-order valence-electron chi connectivity index (χ1n) is 10.6. The predicted octanol–water partition coefficient (Wildman–Crippen LogP) is 2.19. The highest BCUT2D eigenvalue weighted by Gasteiger charge is 2.22. The van der Waals surface area contributed by atoms with Crippen molar-refractivity contribution in [1.82, 2.24) is 15.1 Å². The van der Waals surface area contributed by atoms with Gasteiger partial charge in [0.05, 0.1) is 12.8 Å². The second-order valence-corrected chi connectivity index (χ2v) is 7.81. The Morgan fingerprint density at radius 3 is 2.35 bits per heavy atom. The Balaban J connectivity index is 1.33. The normalized spacial score (nSPS) is 14.3. The first kappa shape index (κ1) is 22.6. The third kappa shape index (κ3) is 6.42. The highest BCUT2D eigenvalue weighted by Crippen LogP contribution is 2.19. The molecule has 2 aromatic rings. The Morgan fingerprint density at radius 2 is 1.71 bits per heavy atom. The monoisotopic (exact) mass is 426 g/mol. The average molecular weight is 427 g/mol. The van der Waals surface area contributed by atoms with Crippen LogP contribution in [0.15, 0.2) is 41.0 Å². The third-order valence-corrected chi connectivity index (χ3v) is 5.44. The van der Waals surface area contributed by atoms with Crippen molar-refractivity contribution < 1.29 is 18.8 Å².